The third-order valence-corrected chi connectivity index (χ3v) is 5.98. The van der Waals surface area contributed by atoms with Crippen molar-refractivity contribution in [1.29, 1.82) is 0 Å². The minimum atomic E-state index is -0.475. The topological polar surface area (TPSA) is 81.1 Å². The Hall–Kier alpha value is -3.26. The predicted octanol–water partition coefficient (Wildman–Crippen LogP) is 5.02. The standard InChI is InChI=1S/C24H27N5O2S/c1-5-31-19-14-10-8-12-17(19)21-20(22(30)26-18-13-9-7-11-15(18)3)16(4)25-23-27-24(32-6-2)28-29(21)23/h7-14,21H,5-6H2,1-4H3,(H,26,30)(H,25,27,28). The average molecular weight is 450 g/mol. The minimum Gasteiger partial charge on any atom is -0.494 e. The summed E-state index contributed by atoms with van der Waals surface area (Å²) in [5.41, 5.74) is 3.95. The van der Waals surface area contributed by atoms with Gasteiger partial charge in [-0.25, -0.2) is 4.68 Å². The van der Waals surface area contributed by atoms with E-state index >= 15 is 0 Å². The molecule has 1 aliphatic rings. The lowest BCUT2D eigenvalue weighted by Gasteiger charge is -2.29. The van der Waals surface area contributed by atoms with E-state index in [0.29, 0.717) is 23.3 Å². The third kappa shape index (κ3) is 4.23. The normalized spacial score (nSPS) is 15.2. The number of aromatic nitrogens is 3. The molecule has 0 bridgehead atoms. The number of carbonyl (C=O) groups excluding carboxylic acids is 1. The number of nitrogens with one attached hydrogen (secondary N) is 2. The summed E-state index contributed by atoms with van der Waals surface area (Å²) in [4.78, 5) is 18.2. The fourth-order valence-corrected chi connectivity index (χ4v) is 4.35. The number of hydrogen-bond acceptors (Lipinski definition) is 6. The van der Waals surface area contributed by atoms with Crippen LogP contribution in [-0.2, 0) is 4.79 Å². The Morgan fingerprint density at radius 2 is 1.91 bits per heavy atom. The summed E-state index contributed by atoms with van der Waals surface area (Å²) in [6, 6.07) is 15.0. The highest BCUT2D eigenvalue weighted by Gasteiger charge is 2.36. The minimum absolute atomic E-state index is 0.188. The summed E-state index contributed by atoms with van der Waals surface area (Å²) in [5.74, 6) is 2.01. The number of thioether (sulfide) groups is 1. The van der Waals surface area contributed by atoms with E-state index in [-0.39, 0.29) is 5.91 Å². The molecule has 4 rings (SSSR count). The van der Waals surface area contributed by atoms with Gasteiger partial charge in [0.1, 0.15) is 11.8 Å². The Labute approximate surface area is 192 Å². The molecule has 2 aromatic carbocycles. The molecule has 1 unspecified atom stereocenters. The maximum atomic E-state index is 13.6. The van der Waals surface area contributed by atoms with E-state index in [1.807, 2.05) is 69.3 Å². The fourth-order valence-electron chi connectivity index (χ4n) is 3.80. The molecule has 1 amide bonds. The van der Waals surface area contributed by atoms with Crippen LogP contribution in [0.4, 0.5) is 11.6 Å². The average Bonchev–Trinajstić information content (AvgIpc) is 3.17. The van der Waals surface area contributed by atoms with Gasteiger partial charge in [0, 0.05) is 16.9 Å². The lowest BCUT2D eigenvalue weighted by atomic mass is 9.94. The summed E-state index contributed by atoms with van der Waals surface area (Å²) >= 11 is 1.56. The van der Waals surface area contributed by atoms with Crippen LogP contribution in [0.25, 0.3) is 0 Å². The smallest absolute Gasteiger partial charge is 0.255 e. The van der Waals surface area contributed by atoms with Crippen molar-refractivity contribution in [2.45, 2.75) is 38.9 Å². The molecule has 0 saturated carbocycles. The third-order valence-electron chi connectivity index (χ3n) is 5.26. The number of anilines is 2. The van der Waals surface area contributed by atoms with Crippen LogP contribution in [0.3, 0.4) is 0 Å². The van der Waals surface area contributed by atoms with Gasteiger partial charge in [-0.2, -0.15) is 4.98 Å². The summed E-state index contributed by atoms with van der Waals surface area (Å²) in [7, 11) is 0. The fraction of sp³-hybridized carbons (Fsp3) is 0.292. The molecule has 1 aromatic heterocycles. The van der Waals surface area contributed by atoms with Gasteiger partial charge >= 0.3 is 0 Å². The number of rotatable bonds is 7. The first-order valence-corrected chi connectivity index (χ1v) is 11.7. The molecule has 7 nitrogen and oxygen atoms in total. The van der Waals surface area contributed by atoms with Gasteiger partial charge in [0.15, 0.2) is 0 Å². The molecule has 0 radical (unpaired) electrons. The maximum Gasteiger partial charge on any atom is 0.255 e. The number of fused-ring (bicyclic) bond motifs is 1. The number of ether oxygens (including phenoxy) is 1. The van der Waals surface area contributed by atoms with Gasteiger partial charge in [-0.1, -0.05) is 55.1 Å². The number of aryl methyl sites for hydroxylation is 1. The predicted molar refractivity (Wildman–Crippen MR) is 128 cm³/mol. The number of allylic oxidation sites excluding steroid dienone is 1. The van der Waals surface area contributed by atoms with E-state index in [2.05, 4.69) is 22.5 Å². The van der Waals surface area contributed by atoms with Crippen LogP contribution in [-0.4, -0.2) is 33.0 Å². The van der Waals surface area contributed by atoms with E-state index in [1.54, 1.807) is 16.4 Å². The highest BCUT2D eigenvalue weighted by atomic mass is 32.2. The zero-order valence-corrected chi connectivity index (χ0v) is 19.5. The van der Waals surface area contributed by atoms with Crippen LogP contribution in [0.2, 0.25) is 0 Å². The van der Waals surface area contributed by atoms with Crippen molar-refractivity contribution in [3.8, 4) is 5.75 Å². The van der Waals surface area contributed by atoms with Crippen molar-refractivity contribution < 1.29 is 9.53 Å². The monoisotopic (exact) mass is 449 g/mol. The van der Waals surface area contributed by atoms with Gasteiger partial charge in [0.05, 0.1) is 12.2 Å². The van der Waals surface area contributed by atoms with Crippen LogP contribution in [0, 0.1) is 6.92 Å². The van der Waals surface area contributed by atoms with Crippen molar-refractivity contribution in [3.63, 3.8) is 0 Å². The number of benzene rings is 2. The Morgan fingerprint density at radius 3 is 2.66 bits per heavy atom. The molecular weight excluding hydrogens is 422 g/mol. The van der Waals surface area contributed by atoms with Gasteiger partial charge in [-0.15, -0.1) is 5.10 Å². The Kier molecular flexibility index (Phi) is 6.50. The van der Waals surface area contributed by atoms with Crippen molar-refractivity contribution in [3.05, 3.63) is 70.9 Å². The molecule has 32 heavy (non-hydrogen) atoms. The summed E-state index contributed by atoms with van der Waals surface area (Å²) in [6.07, 6.45) is 0. The van der Waals surface area contributed by atoms with E-state index in [0.717, 1.165) is 34.0 Å². The lowest BCUT2D eigenvalue weighted by Crippen LogP contribution is -2.32. The molecule has 2 heterocycles. The quantitative estimate of drug-likeness (QED) is 0.493. The van der Waals surface area contributed by atoms with Crippen molar-refractivity contribution in [2.75, 3.05) is 23.0 Å². The van der Waals surface area contributed by atoms with Crippen LogP contribution in [0.5, 0.6) is 5.75 Å². The molecule has 0 aliphatic carbocycles. The van der Waals surface area contributed by atoms with E-state index < -0.39 is 6.04 Å². The zero-order valence-electron chi connectivity index (χ0n) is 18.7. The molecule has 0 saturated heterocycles. The number of hydrogen-bond donors (Lipinski definition) is 2. The van der Waals surface area contributed by atoms with Crippen LogP contribution < -0.4 is 15.4 Å². The van der Waals surface area contributed by atoms with Crippen LogP contribution in [0.15, 0.2) is 65.0 Å². The molecule has 1 aliphatic heterocycles. The van der Waals surface area contributed by atoms with Gasteiger partial charge in [0.2, 0.25) is 11.1 Å². The first-order chi connectivity index (χ1) is 15.5. The molecule has 3 aromatic rings. The number of carbonyl (C=O) groups is 1. The Balaban J connectivity index is 1.83. The second kappa shape index (κ2) is 9.48. The molecule has 166 valence electrons. The number of amides is 1. The second-order valence-corrected chi connectivity index (χ2v) is 8.63. The van der Waals surface area contributed by atoms with E-state index in [4.69, 9.17) is 9.84 Å². The molecule has 1 atom stereocenters. The second-order valence-electron chi connectivity index (χ2n) is 7.40. The number of para-hydroxylation sites is 2. The highest BCUT2D eigenvalue weighted by molar-refractivity contribution is 7.99. The van der Waals surface area contributed by atoms with Gasteiger partial charge < -0.3 is 15.4 Å². The molecular formula is C24H27N5O2S. The summed E-state index contributed by atoms with van der Waals surface area (Å²) < 4.78 is 7.71. The zero-order chi connectivity index (χ0) is 22.7. The van der Waals surface area contributed by atoms with Crippen molar-refractivity contribution >= 4 is 29.3 Å². The molecule has 0 fully saturated rings. The van der Waals surface area contributed by atoms with Crippen LogP contribution in [0.1, 0.15) is 37.9 Å². The van der Waals surface area contributed by atoms with Crippen molar-refractivity contribution in [2.24, 2.45) is 0 Å². The molecule has 0 spiro atoms. The maximum absolute atomic E-state index is 13.6. The first-order valence-electron chi connectivity index (χ1n) is 10.7. The van der Waals surface area contributed by atoms with Gasteiger partial charge in [-0.05, 0) is 44.2 Å². The van der Waals surface area contributed by atoms with Gasteiger partial charge in [0.25, 0.3) is 5.91 Å². The van der Waals surface area contributed by atoms with Crippen molar-refractivity contribution in [1.82, 2.24) is 14.8 Å². The number of nitrogens with zero attached hydrogens (tertiary/aromatic N) is 3. The van der Waals surface area contributed by atoms with Crippen LogP contribution >= 0.6 is 11.8 Å². The largest absolute Gasteiger partial charge is 0.494 e. The molecule has 8 heteroatoms. The Bertz CT molecular complexity index is 1170. The Morgan fingerprint density at radius 1 is 1.16 bits per heavy atom. The molecule has 2 N–H and O–H groups in total. The highest BCUT2D eigenvalue weighted by Crippen LogP contribution is 2.40. The van der Waals surface area contributed by atoms with Gasteiger partial charge in [-0.3, -0.25) is 4.79 Å². The first kappa shape index (κ1) is 22.0. The van der Waals surface area contributed by atoms with E-state index in [9.17, 15) is 4.79 Å². The summed E-state index contributed by atoms with van der Waals surface area (Å²) in [5, 5.41) is 11.8. The lowest BCUT2D eigenvalue weighted by molar-refractivity contribution is -0.113. The SMILES string of the molecule is CCOc1ccccc1C1C(C(=O)Nc2ccccc2C)=C(C)Nc2nc(SCC)nn21. The van der Waals surface area contributed by atoms with E-state index in [1.165, 1.54) is 0 Å². The summed E-state index contributed by atoms with van der Waals surface area (Å²) in [6.45, 7) is 8.40.